The van der Waals surface area contributed by atoms with Crippen molar-refractivity contribution < 1.29 is 4.39 Å². The van der Waals surface area contributed by atoms with Gasteiger partial charge >= 0.3 is 0 Å². The Hall–Kier alpha value is -1.25. The average Bonchev–Trinajstić information content (AvgIpc) is 2.18. The Morgan fingerprint density at radius 2 is 2.20 bits per heavy atom. The highest BCUT2D eigenvalue weighted by molar-refractivity contribution is 5.73. The van der Waals surface area contributed by atoms with Crippen molar-refractivity contribution in [2.45, 2.75) is 32.9 Å². The van der Waals surface area contributed by atoms with E-state index in [-0.39, 0.29) is 11.9 Å². The first-order valence-corrected chi connectivity index (χ1v) is 5.41. The molecule has 2 rings (SSSR count). The van der Waals surface area contributed by atoms with E-state index in [0.29, 0.717) is 11.7 Å². The number of hydrogen-bond acceptors (Lipinski definition) is 2. The van der Waals surface area contributed by atoms with Crippen LogP contribution in [0, 0.1) is 5.82 Å². The second-order valence-electron chi connectivity index (χ2n) is 4.43. The van der Waals surface area contributed by atoms with E-state index in [0.717, 1.165) is 12.2 Å². The lowest BCUT2D eigenvalue weighted by atomic mass is 10.1. The molecule has 0 spiro atoms. The van der Waals surface area contributed by atoms with Gasteiger partial charge in [0.1, 0.15) is 5.82 Å². The van der Waals surface area contributed by atoms with E-state index in [9.17, 15) is 4.39 Å². The van der Waals surface area contributed by atoms with Crippen LogP contribution in [0.25, 0.3) is 0 Å². The van der Waals surface area contributed by atoms with Gasteiger partial charge < -0.3 is 10.2 Å². The monoisotopic (exact) mass is 208 g/mol. The van der Waals surface area contributed by atoms with Crippen LogP contribution in [0.3, 0.4) is 0 Å². The van der Waals surface area contributed by atoms with Crippen LogP contribution in [0.15, 0.2) is 18.2 Å². The molecule has 1 aliphatic rings. The maximum absolute atomic E-state index is 13.6. The van der Waals surface area contributed by atoms with Crippen LogP contribution in [-0.4, -0.2) is 18.6 Å². The van der Waals surface area contributed by atoms with Crippen LogP contribution >= 0.6 is 0 Å². The summed E-state index contributed by atoms with van der Waals surface area (Å²) in [6.45, 7) is 7.26. The van der Waals surface area contributed by atoms with Gasteiger partial charge in [-0.25, -0.2) is 4.39 Å². The van der Waals surface area contributed by atoms with Crippen molar-refractivity contribution in [3.8, 4) is 0 Å². The van der Waals surface area contributed by atoms with Gasteiger partial charge in [0.15, 0.2) is 0 Å². The number of benzene rings is 1. The first kappa shape index (κ1) is 10.3. The van der Waals surface area contributed by atoms with E-state index in [2.05, 4.69) is 31.0 Å². The SMILES string of the molecule is CC1CN(C(C)C)c2cccc(F)c2N1. The highest BCUT2D eigenvalue weighted by atomic mass is 19.1. The van der Waals surface area contributed by atoms with Gasteiger partial charge in [0.25, 0.3) is 0 Å². The molecule has 1 atom stereocenters. The number of nitrogens with one attached hydrogen (secondary N) is 1. The molecule has 2 nitrogen and oxygen atoms in total. The molecule has 1 aromatic carbocycles. The van der Waals surface area contributed by atoms with E-state index in [1.165, 1.54) is 6.07 Å². The normalized spacial score (nSPS) is 20.1. The first-order valence-electron chi connectivity index (χ1n) is 5.41. The summed E-state index contributed by atoms with van der Waals surface area (Å²) in [4.78, 5) is 2.24. The predicted octanol–water partition coefficient (Wildman–Crippen LogP) is 2.85. The third-order valence-corrected chi connectivity index (χ3v) is 2.79. The third-order valence-electron chi connectivity index (χ3n) is 2.79. The molecule has 0 aromatic heterocycles. The standard InChI is InChI=1S/C12H17FN2/c1-8(2)15-7-9(3)14-12-10(13)5-4-6-11(12)15/h4-6,8-9,14H,7H2,1-3H3. The molecule has 1 heterocycles. The summed E-state index contributed by atoms with van der Waals surface area (Å²) >= 11 is 0. The number of rotatable bonds is 1. The predicted molar refractivity (Wildman–Crippen MR) is 62.0 cm³/mol. The Kier molecular flexibility index (Phi) is 2.55. The molecule has 0 saturated heterocycles. The number of nitrogens with zero attached hydrogens (tertiary/aromatic N) is 1. The van der Waals surface area contributed by atoms with Crippen LogP contribution in [0.5, 0.6) is 0 Å². The summed E-state index contributed by atoms with van der Waals surface area (Å²) in [6, 6.07) is 5.92. The van der Waals surface area contributed by atoms with E-state index in [1.54, 1.807) is 6.07 Å². The van der Waals surface area contributed by atoms with Crippen LogP contribution < -0.4 is 10.2 Å². The van der Waals surface area contributed by atoms with Gasteiger partial charge in [0, 0.05) is 18.6 Å². The van der Waals surface area contributed by atoms with Crippen molar-refractivity contribution in [3.63, 3.8) is 0 Å². The number of para-hydroxylation sites is 1. The van der Waals surface area contributed by atoms with E-state index < -0.39 is 0 Å². The molecule has 1 N–H and O–H groups in total. The van der Waals surface area contributed by atoms with Gasteiger partial charge in [-0.2, -0.15) is 0 Å². The zero-order chi connectivity index (χ0) is 11.0. The molecule has 15 heavy (non-hydrogen) atoms. The molecule has 0 aliphatic carbocycles. The van der Waals surface area contributed by atoms with Gasteiger partial charge in [-0.1, -0.05) is 6.07 Å². The van der Waals surface area contributed by atoms with E-state index in [4.69, 9.17) is 0 Å². The molecular formula is C12H17FN2. The molecule has 0 saturated carbocycles. The van der Waals surface area contributed by atoms with Crippen molar-refractivity contribution in [1.29, 1.82) is 0 Å². The molecule has 3 heteroatoms. The van der Waals surface area contributed by atoms with Crippen molar-refractivity contribution in [2.24, 2.45) is 0 Å². The molecule has 1 unspecified atom stereocenters. The van der Waals surface area contributed by atoms with Crippen molar-refractivity contribution in [2.75, 3.05) is 16.8 Å². The molecule has 0 radical (unpaired) electrons. The first-order chi connectivity index (χ1) is 7.09. The number of anilines is 2. The summed E-state index contributed by atoms with van der Waals surface area (Å²) in [7, 11) is 0. The Bertz CT molecular complexity index is 363. The molecular weight excluding hydrogens is 191 g/mol. The minimum Gasteiger partial charge on any atom is -0.377 e. The molecule has 0 amide bonds. The van der Waals surface area contributed by atoms with Gasteiger partial charge in [-0.3, -0.25) is 0 Å². The summed E-state index contributed by atoms with van der Waals surface area (Å²) in [6.07, 6.45) is 0. The highest BCUT2D eigenvalue weighted by Crippen LogP contribution is 2.33. The molecule has 1 aromatic rings. The molecule has 82 valence electrons. The number of fused-ring (bicyclic) bond motifs is 1. The fourth-order valence-electron chi connectivity index (χ4n) is 2.07. The maximum atomic E-state index is 13.6. The lowest BCUT2D eigenvalue weighted by molar-refractivity contribution is 0.593. The fourth-order valence-corrected chi connectivity index (χ4v) is 2.07. The van der Waals surface area contributed by atoms with Crippen LogP contribution in [-0.2, 0) is 0 Å². The Morgan fingerprint density at radius 1 is 1.47 bits per heavy atom. The lowest BCUT2D eigenvalue weighted by Crippen LogP contribution is -2.43. The van der Waals surface area contributed by atoms with Gasteiger partial charge in [0.05, 0.1) is 11.4 Å². The number of hydrogen-bond donors (Lipinski definition) is 1. The maximum Gasteiger partial charge on any atom is 0.148 e. The zero-order valence-electron chi connectivity index (χ0n) is 9.42. The minimum absolute atomic E-state index is 0.162. The van der Waals surface area contributed by atoms with Crippen molar-refractivity contribution >= 4 is 11.4 Å². The third kappa shape index (κ3) is 1.78. The molecule has 1 aliphatic heterocycles. The van der Waals surface area contributed by atoms with Gasteiger partial charge in [0.2, 0.25) is 0 Å². The van der Waals surface area contributed by atoms with Gasteiger partial charge in [-0.05, 0) is 32.9 Å². The summed E-state index contributed by atoms with van der Waals surface area (Å²) in [5.41, 5.74) is 1.62. The Morgan fingerprint density at radius 3 is 2.87 bits per heavy atom. The largest absolute Gasteiger partial charge is 0.377 e. The van der Waals surface area contributed by atoms with Crippen LogP contribution in [0.1, 0.15) is 20.8 Å². The second kappa shape index (κ2) is 3.72. The average molecular weight is 208 g/mol. The minimum atomic E-state index is -0.162. The highest BCUT2D eigenvalue weighted by Gasteiger charge is 2.24. The van der Waals surface area contributed by atoms with Crippen LogP contribution in [0.4, 0.5) is 15.8 Å². The fraction of sp³-hybridized carbons (Fsp3) is 0.500. The second-order valence-corrected chi connectivity index (χ2v) is 4.43. The Balaban J connectivity index is 2.46. The topological polar surface area (TPSA) is 15.3 Å². The lowest BCUT2D eigenvalue weighted by Gasteiger charge is -2.38. The summed E-state index contributed by atoms with van der Waals surface area (Å²) in [5, 5.41) is 3.20. The van der Waals surface area contributed by atoms with Crippen molar-refractivity contribution in [3.05, 3.63) is 24.0 Å². The van der Waals surface area contributed by atoms with E-state index >= 15 is 0 Å². The van der Waals surface area contributed by atoms with E-state index in [1.807, 2.05) is 6.07 Å². The smallest absolute Gasteiger partial charge is 0.148 e. The van der Waals surface area contributed by atoms with Gasteiger partial charge in [-0.15, -0.1) is 0 Å². The van der Waals surface area contributed by atoms with Crippen LogP contribution in [0.2, 0.25) is 0 Å². The summed E-state index contributed by atoms with van der Waals surface area (Å²) in [5.74, 6) is -0.162. The molecule has 0 fully saturated rings. The van der Waals surface area contributed by atoms with Crippen molar-refractivity contribution in [1.82, 2.24) is 0 Å². The zero-order valence-corrected chi connectivity index (χ0v) is 9.42. The summed E-state index contributed by atoms with van der Waals surface area (Å²) < 4.78 is 13.6. The Labute approximate surface area is 90.1 Å². The quantitative estimate of drug-likeness (QED) is 0.763. The molecule has 0 bridgehead atoms. The number of halogens is 1.